The van der Waals surface area contributed by atoms with E-state index in [-0.39, 0.29) is 11.8 Å². The summed E-state index contributed by atoms with van der Waals surface area (Å²) < 4.78 is 5.27. The molecule has 25 heavy (non-hydrogen) atoms. The quantitative estimate of drug-likeness (QED) is 0.702. The van der Waals surface area contributed by atoms with Crippen molar-refractivity contribution in [1.82, 2.24) is 10.3 Å². The van der Waals surface area contributed by atoms with E-state index in [0.29, 0.717) is 22.2 Å². The zero-order valence-corrected chi connectivity index (χ0v) is 13.5. The van der Waals surface area contributed by atoms with Crippen molar-refractivity contribution >= 4 is 40.1 Å². The number of imide groups is 1. The number of hydrogen-bond acceptors (Lipinski definition) is 5. The summed E-state index contributed by atoms with van der Waals surface area (Å²) in [5.41, 5.74) is 0.676. The maximum Gasteiger partial charge on any atom is 0.347 e. The summed E-state index contributed by atoms with van der Waals surface area (Å²) in [5, 5.41) is 4.94. The van der Waals surface area contributed by atoms with E-state index in [1.165, 1.54) is 0 Å². The maximum atomic E-state index is 12.1. The maximum absolute atomic E-state index is 12.1. The molecule has 0 radical (unpaired) electrons. The number of nitrogens with zero attached hydrogens (tertiary/aromatic N) is 1. The summed E-state index contributed by atoms with van der Waals surface area (Å²) in [5.74, 6) is -0.911. The number of aromatic nitrogens is 1. The van der Waals surface area contributed by atoms with Crippen molar-refractivity contribution in [3.05, 3.63) is 59.0 Å². The minimum Gasteiger partial charge on any atom is -0.403 e. The van der Waals surface area contributed by atoms with Gasteiger partial charge in [0.25, 0.3) is 0 Å². The fourth-order valence-corrected chi connectivity index (χ4v) is 2.29. The Balaban J connectivity index is 2.00. The Morgan fingerprint density at radius 3 is 2.60 bits per heavy atom. The molecule has 0 fully saturated rings. The van der Waals surface area contributed by atoms with Crippen LogP contribution in [0, 0.1) is 0 Å². The van der Waals surface area contributed by atoms with Crippen molar-refractivity contribution in [2.75, 3.05) is 11.2 Å². The molecule has 3 rings (SSSR count). The van der Waals surface area contributed by atoms with E-state index < -0.39 is 17.6 Å². The van der Waals surface area contributed by atoms with Gasteiger partial charge in [0.15, 0.2) is 0 Å². The van der Waals surface area contributed by atoms with Gasteiger partial charge in [-0.3, -0.25) is 10.1 Å². The van der Waals surface area contributed by atoms with Crippen LogP contribution in [0.4, 0.5) is 10.5 Å². The first kappa shape index (κ1) is 16.7. The van der Waals surface area contributed by atoms with E-state index in [4.69, 9.17) is 16.0 Å². The highest BCUT2D eigenvalue weighted by Crippen LogP contribution is 2.26. The third-order valence-corrected chi connectivity index (χ3v) is 3.56. The molecule has 2 aromatic carbocycles. The lowest BCUT2D eigenvalue weighted by atomic mass is 10.1. The minimum atomic E-state index is -0.749. The number of alkyl halides is 1. The summed E-state index contributed by atoms with van der Waals surface area (Å²) >= 11 is 5.35. The standard InChI is InChI=1S/C17H12ClN3O4/c18-9-14(22)21-17(24)20-12-7-3-1-5-10(12)15-19-13-8-4-2-6-11(13)16(23)25-15/h1-8H,9H2,(H2,20,21,22,24). The first-order valence-corrected chi connectivity index (χ1v) is 7.78. The number of amides is 3. The smallest absolute Gasteiger partial charge is 0.347 e. The summed E-state index contributed by atoms with van der Waals surface area (Å²) in [7, 11) is 0. The molecule has 0 saturated carbocycles. The van der Waals surface area contributed by atoms with Crippen LogP contribution in [0.5, 0.6) is 0 Å². The Kier molecular flexibility index (Phi) is 4.76. The van der Waals surface area contributed by atoms with E-state index in [1.54, 1.807) is 48.5 Å². The van der Waals surface area contributed by atoms with Gasteiger partial charge in [0, 0.05) is 0 Å². The van der Waals surface area contributed by atoms with Crippen LogP contribution in [-0.2, 0) is 4.79 Å². The van der Waals surface area contributed by atoms with Crippen molar-refractivity contribution in [2.24, 2.45) is 0 Å². The van der Waals surface area contributed by atoms with Crippen LogP contribution in [0.1, 0.15) is 0 Å². The van der Waals surface area contributed by atoms with E-state index in [0.717, 1.165) is 0 Å². The van der Waals surface area contributed by atoms with Gasteiger partial charge in [-0.25, -0.2) is 14.6 Å². The number of rotatable bonds is 3. The van der Waals surface area contributed by atoms with Crippen LogP contribution in [0.2, 0.25) is 0 Å². The Morgan fingerprint density at radius 1 is 1.08 bits per heavy atom. The van der Waals surface area contributed by atoms with Crippen molar-refractivity contribution in [2.45, 2.75) is 0 Å². The largest absolute Gasteiger partial charge is 0.403 e. The summed E-state index contributed by atoms with van der Waals surface area (Å²) in [6.07, 6.45) is 0. The number of fused-ring (bicyclic) bond motifs is 1. The van der Waals surface area contributed by atoms with Gasteiger partial charge in [0.1, 0.15) is 5.88 Å². The third-order valence-electron chi connectivity index (χ3n) is 3.32. The number of carbonyl (C=O) groups excluding carboxylic acids is 2. The molecule has 1 heterocycles. The number of urea groups is 1. The molecule has 0 aliphatic heterocycles. The average molecular weight is 358 g/mol. The average Bonchev–Trinajstić information content (AvgIpc) is 2.62. The lowest BCUT2D eigenvalue weighted by Crippen LogP contribution is -2.35. The monoisotopic (exact) mass is 357 g/mol. The Bertz CT molecular complexity index is 1020. The number of carbonyl (C=O) groups is 2. The summed E-state index contributed by atoms with van der Waals surface area (Å²) in [4.78, 5) is 39.5. The second-order valence-electron chi connectivity index (χ2n) is 5.01. The topological polar surface area (TPSA) is 101 Å². The number of halogens is 1. The molecule has 126 valence electrons. The Labute approximate surface area is 146 Å². The molecule has 0 saturated heterocycles. The second kappa shape index (κ2) is 7.14. The van der Waals surface area contributed by atoms with Crippen LogP contribution in [0.3, 0.4) is 0 Å². The predicted octanol–water partition coefficient (Wildman–Crippen LogP) is 2.74. The number of para-hydroxylation sites is 2. The van der Waals surface area contributed by atoms with E-state index >= 15 is 0 Å². The molecule has 3 aromatic rings. The molecule has 0 aliphatic rings. The van der Waals surface area contributed by atoms with Crippen molar-refractivity contribution in [1.29, 1.82) is 0 Å². The van der Waals surface area contributed by atoms with Gasteiger partial charge >= 0.3 is 11.7 Å². The highest BCUT2D eigenvalue weighted by atomic mass is 35.5. The lowest BCUT2D eigenvalue weighted by molar-refractivity contribution is -0.117. The molecule has 0 aliphatic carbocycles. The number of anilines is 1. The van der Waals surface area contributed by atoms with E-state index in [1.807, 2.05) is 0 Å². The summed E-state index contributed by atoms with van der Waals surface area (Å²) in [6, 6.07) is 12.7. The molecule has 0 atom stereocenters. The normalized spacial score (nSPS) is 10.4. The van der Waals surface area contributed by atoms with Crippen LogP contribution in [-0.4, -0.2) is 22.8 Å². The SMILES string of the molecule is O=C(CCl)NC(=O)Nc1ccccc1-c1nc2ccccc2c(=O)o1. The third kappa shape index (κ3) is 3.67. The molecular weight excluding hydrogens is 346 g/mol. The highest BCUT2D eigenvalue weighted by Gasteiger charge is 2.14. The fourth-order valence-electron chi connectivity index (χ4n) is 2.23. The Hall–Kier alpha value is -3.19. The van der Waals surface area contributed by atoms with Gasteiger partial charge in [-0.2, -0.15) is 0 Å². The molecule has 1 aromatic heterocycles. The molecule has 0 spiro atoms. The summed E-state index contributed by atoms with van der Waals surface area (Å²) in [6.45, 7) is 0. The van der Waals surface area contributed by atoms with Crippen LogP contribution < -0.4 is 16.3 Å². The van der Waals surface area contributed by atoms with Gasteiger partial charge in [0.05, 0.1) is 22.2 Å². The first-order chi connectivity index (χ1) is 12.1. The van der Waals surface area contributed by atoms with Gasteiger partial charge in [-0.05, 0) is 24.3 Å². The molecule has 0 unspecified atom stereocenters. The zero-order chi connectivity index (χ0) is 17.8. The number of benzene rings is 2. The van der Waals surface area contributed by atoms with Gasteiger partial charge in [0.2, 0.25) is 11.8 Å². The number of nitrogens with one attached hydrogen (secondary N) is 2. The minimum absolute atomic E-state index is 0.0586. The van der Waals surface area contributed by atoms with Gasteiger partial charge < -0.3 is 9.73 Å². The fraction of sp³-hybridized carbons (Fsp3) is 0.0588. The van der Waals surface area contributed by atoms with E-state index in [9.17, 15) is 14.4 Å². The van der Waals surface area contributed by atoms with Crippen molar-refractivity contribution < 1.29 is 14.0 Å². The lowest BCUT2D eigenvalue weighted by Gasteiger charge is -2.10. The first-order valence-electron chi connectivity index (χ1n) is 7.24. The number of hydrogen-bond donors (Lipinski definition) is 2. The predicted molar refractivity (Wildman–Crippen MR) is 93.6 cm³/mol. The van der Waals surface area contributed by atoms with Crippen LogP contribution in [0.15, 0.2) is 57.7 Å². The van der Waals surface area contributed by atoms with Crippen molar-refractivity contribution in [3.8, 4) is 11.5 Å². The molecule has 8 heteroatoms. The van der Waals surface area contributed by atoms with Crippen molar-refractivity contribution in [3.63, 3.8) is 0 Å². The van der Waals surface area contributed by atoms with Crippen LogP contribution >= 0.6 is 11.6 Å². The molecule has 2 N–H and O–H groups in total. The second-order valence-corrected chi connectivity index (χ2v) is 5.27. The van der Waals surface area contributed by atoms with Gasteiger partial charge in [-0.1, -0.05) is 24.3 Å². The Morgan fingerprint density at radius 2 is 1.80 bits per heavy atom. The van der Waals surface area contributed by atoms with Gasteiger partial charge in [-0.15, -0.1) is 11.6 Å². The highest BCUT2D eigenvalue weighted by molar-refractivity contribution is 6.28. The molecule has 0 bridgehead atoms. The van der Waals surface area contributed by atoms with Crippen LogP contribution in [0.25, 0.3) is 22.4 Å². The molecule has 7 nitrogen and oxygen atoms in total. The molecular formula is C17H12ClN3O4. The zero-order valence-electron chi connectivity index (χ0n) is 12.8. The molecule has 3 amide bonds. The van der Waals surface area contributed by atoms with E-state index in [2.05, 4.69) is 15.6 Å².